The van der Waals surface area contributed by atoms with Gasteiger partial charge in [0.2, 0.25) is 0 Å². The highest BCUT2D eigenvalue weighted by Gasteiger charge is 2.14. The molecule has 2 N–H and O–H groups in total. The van der Waals surface area contributed by atoms with E-state index in [1.54, 1.807) is 0 Å². The number of halogens is 1. The minimum absolute atomic E-state index is 0.188. The van der Waals surface area contributed by atoms with E-state index in [4.69, 9.17) is 10.5 Å². The molecule has 1 heterocycles. The van der Waals surface area contributed by atoms with Crippen LogP contribution in [-0.4, -0.2) is 32.3 Å². The van der Waals surface area contributed by atoms with Crippen LogP contribution in [0, 0.1) is 0 Å². The van der Waals surface area contributed by atoms with Gasteiger partial charge in [-0.05, 0) is 37.5 Å². The van der Waals surface area contributed by atoms with E-state index in [0.29, 0.717) is 0 Å². The highest BCUT2D eigenvalue weighted by molar-refractivity contribution is 9.10. The first kappa shape index (κ1) is 13.8. The number of nitrogens with two attached hydrogens (primary N) is 1. The van der Waals surface area contributed by atoms with Gasteiger partial charge in [-0.15, -0.1) is 0 Å². The Morgan fingerprint density at radius 1 is 1.39 bits per heavy atom. The number of benzene rings is 1. The molecule has 0 saturated carbocycles. The molecule has 1 aliphatic rings. The maximum Gasteiger partial charge on any atom is 0.0641 e. The van der Waals surface area contributed by atoms with Gasteiger partial charge >= 0.3 is 0 Å². The lowest BCUT2D eigenvalue weighted by Gasteiger charge is -2.25. The molecule has 0 aromatic heterocycles. The SMILES string of the molecule is CC(N)Cc1ccc(Br)cc1N1CCCOCC1. The smallest absolute Gasteiger partial charge is 0.0641 e. The van der Waals surface area contributed by atoms with E-state index in [1.807, 2.05) is 0 Å². The number of hydrogen-bond acceptors (Lipinski definition) is 3. The zero-order chi connectivity index (χ0) is 13.0. The van der Waals surface area contributed by atoms with Gasteiger partial charge in [-0.25, -0.2) is 0 Å². The highest BCUT2D eigenvalue weighted by atomic mass is 79.9. The van der Waals surface area contributed by atoms with Crippen LogP contribution in [0.4, 0.5) is 5.69 Å². The van der Waals surface area contributed by atoms with Crippen molar-refractivity contribution in [2.75, 3.05) is 31.2 Å². The first-order valence-corrected chi connectivity index (χ1v) is 7.33. The second-order valence-corrected chi connectivity index (χ2v) is 5.82. The van der Waals surface area contributed by atoms with Crippen molar-refractivity contribution in [1.82, 2.24) is 0 Å². The molecule has 3 nitrogen and oxygen atoms in total. The minimum atomic E-state index is 0.188. The number of hydrogen-bond donors (Lipinski definition) is 1. The second-order valence-electron chi connectivity index (χ2n) is 4.91. The third kappa shape index (κ3) is 3.70. The molecule has 4 heteroatoms. The Labute approximate surface area is 117 Å². The van der Waals surface area contributed by atoms with E-state index in [0.717, 1.165) is 43.6 Å². The molecule has 1 aromatic carbocycles. The van der Waals surface area contributed by atoms with Crippen molar-refractivity contribution in [2.24, 2.45) is 5.73 Å². The molecule has 1 aromatic rings. The maximum atomic E-state index is 5.94. The Balaban J connectivity index is 2.24. The van der Waals surface area contributed by atoms with Crippen molar-refractivity contribution in [3.8, 4) is 0 Å². The highest BCUT2D eigenvalue weighted by Crippen LogP contribution is 2.27. The summed E-state index contributed by atoms with van der Waals surface area (Å²) in [6.45, 7) is 5.75. The van der Waals surface area contributed by atoms with Crippen molar-refractivity contribution >= 4 is 21.6 Å². The van der Waals surface area contributed by atoms with Gasteiger partial charge in [0.1, 0.15) is 0 Å². The maximum absolute atomic E-state index is 5.94. The first-order valence-electron chi connectivity index (χ1n) is 6.53. The minimum Gasteiger partial charge on any atom is -0.380 e. The quantitative estimate of drug-likeness (QED) is 0.932. The monoisotopic (exact) mass is 312 g/mol. The molecule has 1 atom stereocenters. The summed E-state index contributed by atoms with van der Waals surface area (Å²) in [4.78, 5) is 2.41. The van der Waals surface area contributed by atoms with E-state index in [9.17, 15) is 0 Å². The Morgan fingerprint density at radius 3 is 3.00 bits per heavy atom. The number of ether oxygens (including phenoxy) is 1. The largest absolute Gasteiger partial charge is 0.380 e. The Kier molecular flexibility index (Phi) is 5.03. The topological polar surface area (TPSA) is 38.5 Å². The normalized spacial score (nSPS) is 18.5. The molecule has 1 fully saturated rings. The lowest BCUT2D eigenvalue weighted by Crippen LogP contribution is -2.28. The van der Waals surface area contributed by atoms with Gasteiger partial charge in [0, 0.05) is 35.9 Å². The number of nitrogens with zero attached hydrogens (tertiary/aromatic N) is 1. The third-order valence-corrected chi connectivity index (χ3v) is 3.65. The van der Waals surface area contributed by atoms with Gasteiger partial charge < -0.3 is 15.4 Å². The summed E-state index contributed by atoms with van der Waals surface area (Å²) >= 11 is 3.56. The predicted molar refractivity (Wildman–Crippen MR) is 79.1 cm³/mol. The average Bonchev–Trinajstić information content (AvgIpc) is 2.59. The Morgan fingerprint density at radius 2 is 2.22 bits per heavy atom. The molecule has 100 valence electrons. The van der Waals surface area contributed by atoms with Gasteiger partial charge in [0.15, 0.2) is 0 Å². The van der Waals surface area contributed by atoms with E-state index in [2.05, 4.69) is 46.0 Å². The number of rotatable bonds is 3. The summed E-state index contributed by atoms with van der Waals surface area (Å²) in [5, 5.41) is 0. The van der Waals surface area contributed by atoms with Crippen LogP contribution in [0.5, 0.6) is 0 Å². The van der Waals surface area contributed by atoms with Crippen LogP contribution in [0.1, 0.15) is 18.9 Å². The standard InChI is InChI=1S/C14H21BrN2O/c1-11(16)9-12-3-4-13(15)10-14(12)17-5-2-7-18-8-6-17/h3-4,10-11H,2,5-9,16H2,1H3. The zero-order valence-corrected chi connectivity index (χ0v) is 12.4. The van der Waals surface area contributed by atoms with Gasteiger partial charge in [-0.2, -0.15) is 0 Å². The first-order chi connectivity index (χ1) is 8.66. The molecule has 0 aliphatic carbocycles. The molecule has 18 heavy (non-hydrogen) atoms. The molecular formula is C14H21BrN2O. The van der Waals surface area contributed by atoms with Crippen LogP contribution < -0.4 is 10.6 Å². The summed E-state index contributed by atoms with van der Waals surface area (Å²) < 4.78 is 6.64. The second kappa shape index (κ2) is 6.55. The van der Waals surface area contributed by atoms with E-state index in [1.165, 1.54) is 11.3 Å². The van der Waals surface area contributed by atoms with Crippen LogP contribution in [-0.2, 0) is 11.2 Å². The van der Waals surface area contributed by atoms with Crippen molar-refractivity contribution in [1.29, 1.82) is 0 Å². The molecule has 0 amide bonds. The van der Waals surface area contributed by atoms with Crippen molar-refractivity contribution in [3.05, 3.63) is 28.2 Å². The summed E-state index contributed by atoms with van der Waals surface area (Å²) in [6, 6.07) is 6.65. The predicted octanol–water partition coefficient (Wildman–Crippen LogP) is 2.57. The fourth-order valence-corrected chi connectivity index (χ4v) is 2.69. The van der Waals surface area contributed by atoms with Crippen LogP contribution in [0.3, 0.4) is 0 Å². The van der Waals surface area contributed by atoms with Crippen LogP contribution in [0.2, 0.25) is 0 Å². The molecule has 0 radical (unpaired) electrons. The molecule has 0 bridgehead atoms. The summed E-state index contributed by atoms with van der Waals surface area (Å²) in [5.41, 5.74) is 8.56. The molecule has 1 unspecified atom stereocenters. The lowest BCUT2D eigenvalue weighted by molar-refractivity contribution is 0.152. The van der Waals surface area contributed by atoms with Crippen LogP contribution >= 0.6 is 15.9 Å². The van der Waals surface area contributed by atoms with Crippen molar-refractivity contribution in [3.63, 3.8) is 0 Å². The fourth-order valence-electron chi connectivity index (χ4n) is 2.34. The lowest BCUT2D eigenvalue weighted by atomic mass is 10.0. The molecule has 1 aliphatic heterocycles. The van der Waals surface area contributed by atoms with E-state index < -0.39 is 0 Å². The summed E-state index contributed by atoms with van der Waals surface area (Å²) in [7, 11) is 0. The Hall–Kier alpha value is -0.580. The van der Waals surface area contributed by atoms with Crippen molar-refractivity contribution < 1.29 is 4.74 Å². The van der Waals surface area contributed by atoms with Crippen LogP contribution in [0.25, 0.3) is 0 Å². The summed E-state index contributed by atoms with van der Waals surface area (Å²) in [6.07, 6.45) is 2.00. The number of anilines is 1. The van der Waals surface area contributed by atoms with Gasteiger partial charge in [0.05, 0.1) is 6.61 Å². The van der Waals surface area contributed by atoms with Crippen LogP contribution in [0.15, 0.2) is 22.7 Å². The molecular weight excluding hydrogens is 292 g/mol. The van der Waals surface area contributed by atoms with Gasteiger partial charge in [0.25, 0.3) is 0 Å². The average molecular weight is 313 g/mol. The van der Waals surface area contributed by atoms with Gasteiger partial charge in [-0.1, -0.05) is 22.0 Å². The Bertz CT molecular complexity index is 387. The van der Waals surface area contributed by atoms with E-state index in [-0.39, 0.29) is 6.04 Å². The third-order valence-electron chi connectivity index (χ3n) is 3.15. The van der Waals surface area contributed by atoms with Gasteiger partial charge in [-0.3, -0.25) is 0 Å². The molecule has 0 spiro atoms. The zero-order valence-electron chi connectivity index (χ0n) is 10.9. The molecule has 2 rings (SSSR count). The van der Waals surface area contributed by atoms with Crippen molar-refractivity contribution in [2.45, 2.75) is 25.8 Å². The van der Waals surface area contributed by atoms with E-state index >= 15 is 0 Å². The molecule has 1 saturated heterocycles. The fraction of sp³-hybridized carbons (Fsp3) is 0.571. The summed E-state index contributed by atoms with van der Waals surface area (Å²) in [5.74, 6) is 0.